The van der Waals surface area contributed by atoms with Gasteiger partial charge in [0.25, 0.3) is 0 Å². The third kappa shape index (κ3) is 3.14. The molecule has 0 amide bonds. The van der Waals surface area contributed by atoms with E-state index in [2.05, 4.69) is 10.1 Å². The van der Waals surface area contributed by atoms with Crippen molar-refractivity contribution in [3.8, 4) is 11.4 Å². The van der Waals surface area contributed by atoms with E-state index in [4.69, 9.17) is 10.3 Å². The van der Waals surface area contributed by atoms with Gasteiger partial charge in [-0.15, -0.1) is 0 Å². The molecule has 1 aromatic carbocycles. The minimum atomic E-state index is -2.88. The minimum Gasteiger partial charge on any atom is -0.339 e. The van der Waals surface area contributed by atoms with Crippen LogP contribution in [0.5, 0.6) is 0 Å². The molecule has 1 aromatic heterocycles. The first-order valence-corrected chi connectivity index (χ1v) is 8.73. The molecule has 0 radical (unpaired) electrons. The Kier molecular flexibility index (Phi) is 3.77. The molecule has 2 heterocycles. The normalized spacial score (nSPS) is 18.7. The van der Waals surface area contributed by atoms with Crippen molar-refractivity contribution in [2.45, 2.75) is 25.3 Å². The van der Waals surface area contributed by atoms with E-state index in [1.165, 1.54) is 0 Å². The molecule has 0 saturated carbocycles. The van der Waals surface area contributed by atoms with E-state index in [-0.39, 0.29) is 17.4 Å². The van der Waals surface area contributed by atoms with Gasteiger partial charge >= 0.3 is 0 Å². The Morgan fingerprint density at radius 2 is 1.86 bits per heavy atom. The average molecular weight is 307 g/mol. The molecule has 7 heteroatoms. The molecule has 112 valence electrons. The monoisotopic (exact) mass is 307 g/mol. The summed E-state index contributed by atoms with van der Waals surface area (Å²) in [5.74, 6) is 1.49. The van der Waals surface area contributed by atoms with Crippen LogP contribution in [0.2, 0.25) is 0 Å². The van der Waals surface area contributed by atoms with Crippen LogP contribution in [-0.2, 0) is 16.4 Å². The number of sulfone groups is 1. The summed E-state index contributed by atoms with van der Waals surface area (Å²) in [6.07, 6.45) is 1.10. The topological polar surface area (TPSA) is 99.1 Å². The Bertz CT molecular complexity index is 708. The molecular formula is C14H17N3O3S. The summed E-state index contributed by atoms with van der Waals surface area (Å²) in [5, 5.41) is 3.99. The zero-order valence-electron chi connectivity index (χ0n) is 11.5. The number of hydrogen-bond acceptors (Lipinski definition) is 6. The molecule has 2 N–H and O–H groups in total. The molecule has 0 bridgehead atoms. The number of benzene rings is 1. The highest BCUT2D eigenvalue weighted by Gasteiger charge is 2.28. The molecular weight excluding hydrogens is 290 g/mol. The summed E-state index contributed by atoms with van der Waals surface area (Å²) < 4.78 is 28.2. The van der Waals surface area contributed by atoms with Crippen molar-refractivity contribution in [1.29, 1.82) is 0 Å². The lowest BCUT2D eigenvalue weighted by Gasteiger charge is -2.17. The van der Waals surface area contributed by atoms with Crippen molar-refractivity contribution in [3.63, 3.8) is 0 Å². The summed E-state index contributed by atoms with van der Waals surface area (Å²) in [5.41, 5.74) is 7.47. The molecule has 21 heavy (non-hydrogen) atoms. The van der Waals surface area contributed by atoms with Crippen LogP contribution in [0.15, 0.2) is 28.8 Å². The van der Waals surface area contributed by atoms with Gasteiger partial charge in [-0.2, -0.15) is 4.98 Å². The second-order valence-electron chi connectivity index (χ2n) is 5.28. The van der Waals surface area contributed by atoms with Crippen molar-refractivity contribution in [2.24, 2.45) is 5.73 Å². The molecule has 0 unspecified atom stereocenters. The lowest BCUT2D eigenvalue weighted by Crippen LogP contribution is -2.22. The SMILES string of the molecule is NCc1ccc(-c2noc(C3CCS(=O)(=O)CC3)n2)cc1. The molecule has 1 aliphatic rings. The molecule has 3 rings (SSSR count). The number of aromatic nitrogens is 2. The smallest absolute Gasteiger partial charge is 0.230 e. The maximum absolute atomic E-state index is 11.4. The number of hydrogen-bond donors (Lipinski definition) is 1. The quantitative estimate of drug-likeness (QED) is 0.922. The lowest BCUT2D eigenvalue weighted by atomic mass is 10.0. The Morgan fingerprint density at radius 1 is 1.19 bits per heavy atom. The van der Waals surface area contributed by atoms with Crippen LogP contribution < -0.4 is 5.73 Å². The fourth-order valence-corrected chi connectivity index (χ4v) is 3.94. The average Bonchev–Trinajstić information content (AvgIpc) is 2.97. The zero-order valence-corrected chi connectivity index (χ0v) is 12.3. The summed E-state index contributed by atoms with van der Waals surface area (Å²) in [6.45, 7) is 0.494. The lowest BCUT2D eigenvalue weighted by molar-refractivity contribution is 0.344. The van der Waals surface area contributed by atoms with Crippen molar-refractivity contribution < 1.29 is 12.9 Å². The highest BCUT2D eigenvalue weighted by atomic mass is 32.2. The van der Waals surface area contributed by atoms with E-state index >= 15 is 0 Å². The summed E-state index contributed by atoms with van der Waals surface area (Å²) in [7, 11) is -2.88. The van der Waals surface area contributed by atoms with Crippen LogP contribution in [0.25, 0.3) is 11.4 Å². The summed E-state index contributed by atoms with van der Waals surface area (Å²) in [4.78, 5) is 4.40. The van der Waals surface area contributed by atoms with E-state index in [0.717, 1.165) is 11.1 Å². The van der Waals surface area contributed by atoms with Crippen molar-refractivity contribution in [1.82, 2.24) is 10.1 Å². The van der Waals surface area contributed by atoms with Crippen LogP contribution in [-0.4, -0.2) is 30.1 Å². The van der Waals surface area contributed by atoms with E-state index in [0.29, 0.717) is 31.1 Å². The Morgan fingerprint density at radius 3 is 2.48 bits per heavy atom. The minimum absolute atomic E-state index is 0.0399. The fraction of sp³-hybridized carbons (Fsp3) is 0.429. The maximum Gasteiger partial charge on any atom is 0.230 e. The molecule has 0 atom stereocenters. The van der Waals surface area contributed by atoms with Gasteiger partial charge in [-0.05, 0) is 18.4 Å². The van der Waals surface area contributed by atoms with Gasteiger partial charge in [0.1, 0.15) is 9.84 Å². The van der Waals surface area contributed by atoms with Gasteiger partial charge in [0.2, 0.25) is 11.7 Å². The van der Waals surface area contributed by atoms with Gasteiger partial charge in [-0.1, -0.05) is 29.4 Å². The van der Waals surface area contributed by atoms with Crippen molar-refractivity contribution in [2.75, 3.05) is 11.5 Å². The summed E-state index contributed by atoms with van der Waals surface area (Å²) >= 11 is 0. The van der Waals surface area contributed by atoms with Crippen LogP contribution in [0.3, 0.4) is 0 Å². The first kappa shape index (κ1) is 14.2. The third-order valence-electron chi connectivity index (χ3n) is 3.79. The number of nitrogens with two attached hydrogens (primary N) is 1. The highest BCUT2D eigenvalue weighted by Crippen LogP contribution is 2.29. The number of rotatable bonds is 3. The summed E-state index contributed by atoms with van der Waals surface area (Å²) in [6, 6.07) is 7.67. The van der Waals surface area contributed by atoms with Gasteiger partial charge in [0.15, 0.2) is 0 Å². The Hall–Kier alpha value is -1.73. The maximum atomic E-state index is 11.4. The van der Waals surface area contributed by atoms with Gasteiger partial charge in [-0.3, -0.25) is 0 Å². The molecule has 2 aromatic rings. The largest absolute Gasteiger partial charge is 0.339 e. The number of nitrogens with zero attached hydrogens (tertiary/aromatic N) is 2. The second kappa shape index (κ2) is 5.57. The van der Waals surface area contributed by atoms with Gasteiger partial charge in [-0.25, -0.2) is 8.42 Å². The zero-order chi connectivity index (χ0) is 14.9. The molecule has 1 saturated heterocycles. The van der Waals surface area contributed by atoms with E-state index in [1.54, 1.807) is 0 Å². The van der Waals surface area contributed by atoms with E-state index in [9.17, 15) is 8.42 Å². The second-order valence-corrected chi connectivity index (χ2v) is 7.59. The van der Waals surface area contributed by atoms with E-state index < -0.39 is 9.84 Å². The first-order chi connectivity index (χ1) is 10.1. The Balaban J connectivity index is 1.77. The van der Waals surface area contributed by atoms with Crippen molar-refractivity contribution >= 4 is 9.84 Å². The predicted molar refractivity (Wildman–Crippen MR) is 78.3 cm³/mol. The van der Waals surface area contributed by atoms with Gasteiger partial charge in [0.05, 0.1) is 11.5 Å². The van der Waals surface area contributed by atoms with E-state index in [1.807, 2.05) is 24.3 Å². The highest BCUT2D eigenvalue weighted by molar-refractivity contribution is 7.91. The van der Waals surface area contributed by atoms with Crippen molar-refractivity contribution in [3.05, 3.63) is 35.7 Å². The van der Waals surface area contributed by atoms with Gasteiger partial charge < -0.3 is 10.3 Å². The fourth-order valence-electron chi connectivity index (χ4n) is 2.45. The van der Waals surface area contributed by atoms with Crippen LogP contribution >= 0.6 is 0 Å². The standard InChI is InChI=1S/C14H17N3O3S/c15-9-10-1-3-11(4-2-10)13-16-14(20-17-13)12-5-7-21(18,19)8-6-12/h1-4,12H,5-9,15H2. The van der Waals surface area contributed by atoms with Gasteiger partial charge in [0, 0.05) is 18.0 Å². The third-order valence-corrected chi connectivity index (χ3v) is 5.51. The van der Waals surface area contributed by atoms with Crippen LogP contribution in [0, 0.1) is 0 Å². The van der Waals surface area contributed by atoms with Crippen LogP contribution in [0.1, 0.15) is 30.2 Å². The molecule has 1 fully saturated rings. The molecule has 1 aliphatic heterocycles. The predicted octanol–water partition coefficient (Wildman–Crippen LogP) is 1.49. The van der Waals surface area contributed by atoms with Crippen LogP contribution in [0.4, 0.5) is 0 Å². The molecule has 6 nitrogen and oxygen atoms in total. The first-order valence-electron chi connectivity index (χ1n) is 6.91. The molecule has 0 aliphatic carbocycles. The Labute approximate surface area is 123 Å². The molecule has 0 spiro atoms.